The smallest absolute Gasteiger partial charge is 0.188 e. The molecule has 0 spiro atoms. The number of aryl methyl sites for hydroxylation is 1. The number of nitrogens with zero attached hydrogens (tertiary/aromatic N) is 6. The zero-order chi connectivity index (χ0) is 20.5. The molecule has 8 heteroatoms. The maximum atomic E-state index is 4.75. The fraction of sp³-hybridized carbons (Fsp3) is 0.364. The first-order chi connectivity index (χ1) is 14.7. The average Bonchev–Trinajstić information content (AvgIpc) is 3.34. The van der Waals surface area contributed by atoms with Crippen LogP contribution in [0.25, 0.3) is 16.7 Å². The summed E-state index contributed by atoms with van der Waals surface area (Å²) in [5.41, 5.74) is 2.83. The fourth-order valence-electron chi connectivity index (χ4n) is 3.85. The molecule has 7 nitrogen and oxygen atoms in total. The SMILES string of the molecule is Cc1nc(Nc2ncnc3c2cnn3-c2ccccc2)sc1CN1CCC(C)CC1. The normalized spacial score (nSPS) is 15.7. The molecule has 0 aliphatic carbocycles. The van der Waals surface area contributed by atoms with Crippen LogP contribution in [0.5, 0.6) is 0 Å². The molecule has 3 aromatic heterocycles. The van der Waals surface area contributed by atoms with Crippen LogP contribution in [-0.4, -0.2) is 42.7 Å². The van der Waals surface area contributed by atoms with Crippen LogP contribution >= 0.6 is 11.3 Å². The number of para-hydroxylation sites is 1. The van der Waals surface area contributed by atoms with E-state index in [2.05, 4.69) is 39.1 Å². The van der Waals surface area contributed by atoms with Crippen molar-refractivity contribution in [2.24, 2.45) is 5.92 Å². The number of likely N-dealkylation sites (tertiary alicyclic amines) is 1. The monoisotopic (exact) mass is 419 g/mol. The van der Waals surface area contributed by atoms with Gasteiger partial charge in [0.2, 0.25) is 0 Å². The second kappa shape index (κ2) is 8.12. The predicted molar refractivity (Wildman–Crippen MR) is 120 cm³/mol. The Balaban J connectivity index is 1.38. The summed E-state index contributed by atoms with van der Waals surface area (Å²) in [5, 5.41) is 9.66. The van der Waals surface area contributed by atoms with Gasteiger partial charge in [0.05, 0.1) is 23.0 Å². The highest BCUT2D eigenvalue weighted by molar-refractivity contribution is 7.15. The van der Waals surface area contributed by atoms with Gasteiger partial charge in [-0.25, -0.2) is 19.6 Å². The van der Waals surface area contributed by atoms with Crippen molar-refractivity contribution in [3.63, 3.8) is 0 Å². The van der Waals surface area contributed by atoms with Crippen molar-refractivity contribution in [1.29, 1.82) is 0 Å². The number of aromatic nitrogens is 5. The van der Waals surface area contributed by atoms with E-state index in [0.29, 0.717) is 0 Å². The van der Waals surface area contributed by atoms with Crippen LogP contribution in [0.2, 0.25) is 0 Å². The standard InChI is InChI=1S/C22H25N7S/c1-15-8-10-28(11-9-15)13-19-16(2)26-22(30-19)27-20-18-12-25-29(21(18)24-14-23-20)17-6-4-3-5-7-17/h3-7,12,14-15H,8-11,13H2,1-2H3,(H,23,24,26,27). The molecule has 4 aromatic rings. The van der Waals surface area contributed by atoms with Gasteiger partial charge < -0.3 is 5.32 Å². The van der Waals surface area contributed by atoms with Crippen molar-refractivity contribution in [1.82, 2.24) is 29.6 Å². The van der Waals surface area contributed by atoms with E-state index >= 15 is 0 Å². The largest absolute Gasteiger partial charge is 0.315 e. The lowest BCUT2D eigenvalue weighted by molar-refractivity contribution is 0.186. The summed E-state index contributed by atoms with van der Waals surface area (Å²) in [5.74, 6) is 1.58. The van der Waals surface area contributed by atoms with Gasteiger partial charge in [0, 0.05) is 11.4 Å². The molecule has 0 unspecified atom stereocenters. The van der Waals surface area contributed by atoms with Crippen LogP contribution in [0.1, 0.15) is 30.3 Å². The first-order valence-corrected chi connectivity index (χ1v) is 11.2. The predicted octanol–water partition coefficient (Wildman–Crippen LogP) is 4.56. The minimum absolute atomic E-state index is 0.731. The van der Waals surface area contributed by atoms with Gasteiger partial charge in [-0.15, -0.1) is 11.3 Å². The van der Waals surface area contributed by atoms with Crippen molar-refractivity contribution in [2.45, 2.75) is 33.2 Å². The third kappa shape index (κ3) is 3.80. The number of rotatable bonds is 5. The second-order valence-corrected chi connectivity index (χ2v) is 9.05. The Morgan fingerprint density at radius 3 is 2.73 bits per heavy atom. The van der Waals surface area contributed by atoms with Crippen LogP contribution in [-0.2, 0) is 6.54 Å². The second-order valence-electron chi connectivity index (χ2n) is 7.96. The Bertz CT molecular complexity index is 1140. The van der Waals surface area contributed by atoms with Crippen LogP contribution < -0.4 is 5.32 Å². The molecule has 30 heavy (non-hydrogen) atoms. The maximum absolute atomic E-state index is 4.75. The van der Waals surface area contributed by atoms with E-state index in [4.69, 9.17) is 4.98 Å². The third-order valence-electron chi connectivity index (χ3n) is 5.73. The number of hydrogen-bond acceptors (Lipinski definition) is 7. The maximum Gasteiger partial charge on any atom is 0.188 e. The topological polar surface area (TPSA) is 71.8 Å². The molecule has 1 aromatic carbocycles. The molecule has 1 fully saturated rings. The van der Waals surface area contributed by atoms with Gasteiger partial charge in [-0.2, -0.15) is 5.10 Å². The Morgan fingerprint density at radius 2 is 1.93 bits per heavy atom. The van der Waals surface area contributed by atoms with Crippen molar-refractivity contribution < 1.29 is 0 Å². The van der Waals surface area contributed by atoms with E-state index in [9.17, 15) is 0 Å². The number of thiazole rings is 1. The number of benzene rings is 1. The summed E-state index contributed by atoms with van der Waals surface area (Å²) in [6.45, 7) is 7.76. The van der Waals surface area contributed by atoms with Gasteiger partial charge in [-0.05, 0) is 50.9 Å². The van der Waals surface area contributed by atoms with Crippen LogP contribution in [0.4, 0.5) is 10.9 Å². The zero-order valence-electron chi connectivity index (χ0n) is 17.2. The first kappa shape index (κ1) is 19.1. The first-order valence-electron chi connectivity index (χ1n) is 10.4. The van der Waals surface area contributed by atoms with Crippen molar-refractivity contribution >= 4 is 33.3 Å². The quantitative estimate of drug-likeness (QED) is 0.511. The highest BCUT2D eigenvalue weighted by Gasteiger charge is 2.19. The van der Waals surface area contributed by atoms with Gasteiger partial charge in [-0.1, -0.05) is 25.1 Å². The molecule has 0 radical (unpaired) electrons. The third-order valence-corrected chi connectivity index (χ3v) is 6.79. The molecule has 0 saturated carbocycles. The number of nitrogens with one attached hydrogen (secondary N) is 1. The van der Waals surface area contributed by atoms with Crippen LogP contribution in [0.15, 0.2) is 42.9 Å². The summed E-state index contributed by atoms with van der Waals surface area (Å²) in [6.07, 6.45) is 5.95. The fourth-order valence-corrected chi connectivity index (χ4v) is 4.86. The zero-order valence-corrected chi connectivity index (χ0v) is 18.1. The van der Waals surface area contributed by atoms with Gasteiger partial charge >= 0.3 is 0 Å². The Hall–Kier alpha value is -2.84. The van der Waals surface area contributed by atoms with E-state index in [-0.39, 0.29) is 0 Å². The van der Waals surface area contributed by atoms with Crippen LogP contribution in [0, 0.1) is 12.8 Å². The summed E-state index contributed by atoms with van der Waals surface area (Å²) in [7, 11) is 0. The molecule has 1 aliphatic heterocycles. The molecule has 1 aliphatic rings. The minimum Gasteiger partial charge on any atom is -0.315 e. The number of anilines is 2. The van der Waals surface area contributed by atoms with E-state index in [1.807, 2.05) is 35.0 Å². The molecular formula is C22H25N7S. The lowest BCUT2D eigenvalue weighted by atomic mass is 9.99. The molecule has 154 valence electrons. The molecule has 5 rings (SSSR count). The van der Waals surface area contributed by atoms with E-state index in [1.165, 1.54) is 30.8 Å². The van der Waals surface area contributed by atoms with Gasteiger partial charge in [-0.3, -0.25) is 4.90 Å². The molecule has 1 saturated heterocycles. The summed E-state index contributed by atoms with van der Waals surface area (Å²) >= 11 is 1.71. The Labute approximate surface area is 179 Å². The van der Waals surface area contributed by atoms with Crippen molar-refractivity contribution in [3.8, 4) is 5.69 Å². The highest BCUT2D eigenvalue weighted by atomic mass is 32.1. The summed E-state index contributed by atoms with van der Waals surface area (Å²) in [6, 6.07) is 10.0. The van der Waals surface area contributed by atoms with Crippen molar-refractivity contribution in [3.05, 3.63) is 53.4 Å². The lowest BCUT2D eigenvalue weighted by Gasteiger charge is -2.29. The summed E-state index contributed by atoms with van der Waals surface area (Å²) in [4.78, 5) is 17.5. The number of piperidine rings is 1. The minimum atomic E-state index is 0.731. The van der Waals surface area contributed by atoms with Gasteiger partial charge in [0.25, 0.3) is 0 Å². The summed E-state index contributed by atoms with van der Waals surface area (Å²) < 4.78 is 1.83. The number of hydrogen-bond donors (Lipinski definition) is 1. The van der Waals surface area contributed by atoms with E-state index in [0.717, 1.165) is 45.8 Å². The molecular weight excluding hydrogens is 394 g/mol. The highest BCUT2D eigenvalue weighted by Crippen LogP contribution is 2.30. The van der Waals surface area contributed by atoms with Gasteiger partial charge in [0.1, 0.15) is 12.1 Å². The lowest BCUT2D eigenvalue weighted by Crippen LogP contribution is -2.32. The Morgan fingerprint density at radius 1 is 1.13 bits per heavy atom. The molecule has 0 bridgehead atoms. The Kier molecular flexibility index (Phi) is 5.18. The average molecular weight is 420 g/mol. The molecule has 1 N–H and O–H groups in total. The van der Waals surface area contributed by atoms with Crippen LogP contribution in [0.3, 0.4) is 0 Å². The van der Waals surface area contributed by atoms with E-state index < -0.39 is 0 Å². The van der Waals surface area contributed by atoms with Gasteiger partial charge in [0.15, 0.2) is 10.8 Å². The molecule has 4 heterocycles. The molecule has 0 atom stereocenters. The number of fused-ring (bicyclic) bond motifs is 1. The van der Waals surface area contributed by atoms with E-state index in [1.54, 1.807) is 23.9 Å². The molecule has 0 amide bonds. The van der Waals surface area contributed by atoms with Crippen molar-refractivity contribution in [2.75, 3.05) is 18.4 Å².